The van der Waals surface area contributed by atoms with Crippen molar-refractivity contribution in [1.29, 1.82) is 5.26 Å². The molecule has 162 valence electrons. The largest absolute Gasteiger partial charge is 0.491 e. The van der Waals surface area contributed by atoms with Gasteiger partial charge in [0.25, 0.3) is 5.91 Å². The summed E-state index contributed by atoms with van der Waals surface area (Å²) in [5.41, 5.74) is 0.567. The fourth-order valence-corrected chi connectivity index (χ4v) is 4.03. The Morgan fingerprint density at radius 3 is 2.67 bits per heavy atom. The third-order valence-electron chi connectivity index (χ3n) is 6.00. The molecule has 1 fully saturated rings. The number of hydrogen-bond donors (Lipinski definition) is 0. The Kier molecular flexibility index (Phi) is 6.95. The van der Waals surface area contributed by atoms with E-state index in [1.165, 1.54) is 4.90 Å². The SMILES string of the molecule is CO[C@H]1CC[C@H]2CCOc3c(C#N)cccc3C(=O)N(C)[C@H](C)C(=O)N(C)C[C@H]1O2. The first-order valence-corrected chi connectivity index (χ1v) is 10.2. The van der Waals surface area contributed by atoms with Crippen molar-refractivity contribution in [1.82, 2.24) is 9.80 Å². The highest BCUT2D eigenvalue weighted by atomic mass is 16.5. The summed E-state index contributed by atoms with van der Waals surface area (Å²) in [4.78, 5) is 29.1. The quantitative estimate of drug-likeness (QED) is 0.695. The fraction of sp³-hybridized carbons (Fsp3) is 0.591. The second-order valence-electron chi connectivity index (χ2n) is 7.89. The molecular weight excluding hydrogens is 386 g/mol. The summed E-state index contributed by atoms with van der Waals surface area (Å²) in [6, 6.07) is 6.29. The number of benzene rings is 1. The van der Waals surface area contributed by atoms with Gasteiger partial charge >= 0.3 is 0 Å². The van der Waals surface area contributed by atoms with Gasteiger partial charge in [0.1, 0.15) is 24.0 Å². The first-order valence-electron chi connectivity index (χ1n) is 10.2. The van der Waals surface area contributed by atoms with Gasteiger partial charge in [-0.15, -0.1) is 0 Å². The normalized spacial score (nSPS) is 28.2. The van der Waals surface area contributed by atoms with Crippen molar-refractivity contribution in [2.75, 3.05) is 34.4 Å². The summed E-state index contributed by atoms with van der Waals surface area (Å²) in [6.45, 7) is 2.40. The van der Waals surface area contributed by atoms with Gasteiger partial charge in [0, 0.05) is 34.2 Å². The number of hydrogen-bond acceptors (Lipinski definition) is 6. The molecule has 8 nitrogen and oxygen atoms in total. The maximum atomic E-state index is 13.2. The zero-order valence-corrected chi connectivity index (χ0v) is 18.0. The van der Waals surface area contributed by atoms with E-state index in [2.05, 4.69) is 6.07 Å². The lowest BCUT2D eigenvalue weighted by Gasteiger charge is -2.39. The molecule has 1 aromatic rings. The number of nitrogens with zero attached hydrogens (tertiary/aromatic N) is 3. The van der Waals surface area contributed by atoms with Crippen LogP contribution in [-0.4, -0.2) is 80.3 Å². The summed E-state index contributed by atoms with van der Waals surface area (Å²) >= 11 is 0. The van der Waals surface area contributed by atoms with Gasteiger partial charge in [-0.1, -0.05) is 6.07 Å². The van der Waals surface area contributed by atoms with Crippen molar-refractivity contribution in [3.8, 4) is 11.8 Å². The van der Waals surface area contributed by atoms with E-state index in [0.29, 0.717) is 25.1 Å². The van der Waals surface area contributed by atoms with E-state index in [9.17, 15) is 14.9 Å². The van der Waals surface area contributed by atoms with Crippen molar-refractivity contribution in [2.45, 2.75) is 50.5 Å². The second kappa shape index (κ2) is 9.45. The fourth-order valence-electron chi connectivity index (χ4n) is 4.03. The predicted octanol–water partition coefficient (Wildman–Crippen LogP) is 1.82. The number of likely N-dealkylation sites (N-methyl/N-ethyl adjacent to an activating group) is 2. The molecule has 2 aliphatic heterocycles. The molecule has 1 aromatic carbocycles. The van der Waals surface area contributed by atoms with Crippen LogP contribution >= 0.6 is 0 Å². The van der Waals surface area contributed by atoms with Gasteiger partial charge in [-0.05, 0) is 31.9 Å². The van der Waals surface area contributed by atoms with E-state index in [1.54, 1.807) is 51.2 Å². The Labute approximate surface area is 177 Å². The topological polar surface area (TPSA) is 92.1 Å². The summed E-state index contributed by atoms with van der Waals surface area (Å²) in [6.07, 6.45) is 1.89. The molecule has 2 aliphatic rings. The van der Waals surface area contributed by atoms with Crippen molar-refractivity contribution in [2.24, 2.45) is 0 Å². The maximum absolute atomic E-state index is 13.2. The summed E-state index contributed by atoms with van der Waals surface area (Å²) in [5.74, 6) is -0.300. The Morgan fingerprint density at radius 1 is 1.20 bits per heavy atom. The van der Waals surface area contributed by atoms with Crippen LogP contribution in [0.5, 0.6) is 5.75 Å². The monoisotopic (exact) mass is 415 g/mol. The molecule has 3 rings (SSSR count). The van der Waals surface area contributed by atoms with Gasteiger partial charge in [-0.3, -0.25) is 9.59 Å². The number of ether oxygens (including phenoxy) is 3. The van der Waals surface area contributed by atoms with Gasteiger partial charge in [-0.25, -0.2) is 0 Å². The number of fused-ring (bicyclic) bond motifs is 3. The molecule has 0 radical (unpaired) electrons. The Hall–Kier alpha value is -2.63. The highest BCUT2D eigenvalue weighted by Crippen LogP contribution is 2.28. The van der Waals surface area contributed by atoms with Crippen LogP contribution in [0.1, 0.15) is 42.1 Å². The Bertz CT molecular complexity index is 837. The van der Waals surface area contributed by atoms with Gasteiger partial charge in [0.05, 0.1) is 29.9 Å². The Morgan fingerprint density at radius 2 is 1.97 bits per heavy atom. The summed E-state index contributed by atoms with van der Waals surface area (Å²) in [7, 11) is 4.95. The van der Waals surface area contributed by atoms with E-state index < -0.39 is 6.04 Å². The van der Waals surface area contributed by atoms with Gasteiger partial charge in [-0.2, -0.15) is 5.26 Å². The minimum absolute atomic E-state index is 0.0404. The molecule has 8 heteroatoms. The highest BCUT2D eigenvalue weighted by Gasteiger charge is 2.35. The van der Waals surface area contributed by atoms with Crippen LogP contribution in [0.15, 0.2) is 18.2 Å². The maximum Gasteiger partial charge on any atom is 0.258 e. The zero-order valence-electron chi connectivity index (χ0n) is 18.0. The number of rotatable bonds is 1. The molecular formula is C22H29N3O5. The molecule has 0 aromatic heterocycles. The lowest BCUT2D eigenvalue weighted by molar-refractivity contribution is -0.152. The first kappa shape index (κ1) is 22.1. The minimum atomic E-state index is -0.690. The van der Waals surface area contributed by atoms with Gasteiger partial charge in [0.2, 0.25) is 5.91 Å². The second-order valence-corrected chi connectivity index (χ2v) is 7.89. The highest BCUT2D eigenvalue weighted by molar-refractivity contribution is 6.00. The number of para-hydroxylation sites is 1. The van der Waals surface area contributed by atoms with Crippen molar-refractivity contribution < 1.29 is 23.8 Å². The molecule has 2 heterocycles. The van der Waals surface area contributed by atoms with Crippen molar-refractivity contribution >= 4 is 11.8 Å². The van der Waals surface area contributed by atoms with E-state index >= 15 is 0 Å². The van der Waals surface area contributed by atoms with Crippen LogP contribution < -0.4 is 4.74 Å². The molecule has 2 bridgehead atoms. The van der Waals surface area contributed by atoms with Crippen LogP contribution in [0.25, 0.3) is 0 Å². The van der Waals surface area contributed by atoms with Crippen LogP contribution in [0.2, 0.25) is 0 Å². The summed E-state index contributed by atoms with van der Waals surface area (Å²) < 4.78 is 17.7. The molecule has 4 atom stereocenters. The predicted molar refractivity (Wildman–Crippen MR) is 109 cm³/mol. The third-order valence-corrected chi connectivity index (χ3v) is 6.00. The average Bonchev–Trinajstić information content (AvgIpc) is 2.76. The lowest BCUT2D eigenvalue weighted by atomic mass is 9.98. The molecule has 1 saturated heterocycles. The van der Waals surface area contributed by atoms with Gasteiger partial charge < -0.3 is 24.0 Å². The van der Waals surface area contributed by atoms with Gasteiger partial charge in [0.15, 0.2) is 0 Å². The van der Waals surface area contributed by atoms with E-state index in [-0.39, 0.29) is 41.4 Å². The first-order chi connectivity index (χ1) is 14.4. The molecule has 0 aliphatic carbocycles. The molecule has 0 saturated carbocycles. The van der Waals surface area contributed by atoms with Crippen molar-refractivity contribution in [3.63, 3.8) is 0 Å². The van der Waals surface area contributed by atoms with E-state index in [0.717, 1.165) is 12.8 Å². The zero-order chi connectivity index (χ0) is 21.8. The van der Waals surface area contributed by atoms with Crippen LogP contribution in [0.3, 0.4) is 0 Å². The average molecular weight is 415 g/mol. The molecule has 0 unspecified atom stereocenters. The minimum Gasteiger partial charge on any atom is -0.491 e. The lowest BCUT2D eigenvalue weighted by Crippen LogP contribution is -2.52. The van der Waals surface area contributed by atoms with Crippen LogP contribution in [-0.2, 0) is 14.3 Å². The number of amides is 2. The molecule has 0 N–H and O–H groups in total. The molecule has 2 amide bonds. The standard InChI is InChI=1S/C22H29N3O5/c1-14-21(26)24(2)13-19-18(28-4)9-8-16(30-19)10-11-29-20-15(12-23)6-5-7-17(20)22(27)25(14)3/h5-7,14,16,18-19H,8-11,13H2,1-4H3/t14-,16+,18+,19-/m1/s1. The van der Waals surface area contributed by atoms with E-state index in [1.807, 2.05) is 0 Å². The third kappa shape index (κ3) is 4.42. The molecule has 30 heavy (non-hydrogen) atoms. The number of carbonyl (C=O) groups is 2. The van der Waals surface area contributed by atoms with Crippen molar-refractivity contribution in [3.05, 3.63) is 29.3 Å². The van der Waals surface area contributed by atoms with Crippen LogP contribution in [0.4, 0.5) is 0 Å². The summed E-state index contributed by atoms with van der Waals surface area (Å²) in [5, 5.41) is 9.49. The Balaban J connectivity index is 1.96. The number of nitriles is 1. The van der Waals surface area contributed by atoms with E-state index in [4.69, 9.17) is 14.2 Å². The number of carbonyl (C=O) groups excluding carboxylic acids is 2. The smallest absolute Gasteiger partial charge is 0.258 e. The number of methoxy groups -OCH3 is 1. The molecule has 0 spiro atoms. The van der Waals surface area contributed by atoms with Crippen LogP contribution in [0, 0.1) is 11.3 Å².